The number of hydrogen-bond acceptors (Lipinski definition) is 5. The lowest BCUT2D eigenvalue weighted by atomic mass is 10.0. The average molecular weight is 232 g/mol. The van der Waals surface area contributed by atoms with E-state index < -0.39 is 10.7 Å². The summed E-state index contributed by atoms with van der Waals surface area (Å²) >= 11 is 0. The lowest BCUT2D eigenvalue weighted by molar-refractivity contribution is -0.385. The Morgan fingerprint density at radius 3 is 2.65 bits per heavy atom. The minimum absolute atomic E-state index is 0.113. The number of hydrogen-bond donors (Lipinski definition) is 2. The Balaban J connectivity index is 2.74. The molecule has 0 fully saturated rings. The predicted molar refractivity (Wildman–Crippen MR) is 60.4 cm³/mol. The first-order valence-corrected chi connectivity index (χ1v) is 4.76. The van der Waals surface area contributed by atoms with Gasteiger partial charge in [-0.3, -0.25) is 14.9 Å². The van der Waals surface area contributed by atoms with E-state index in [1.54, 1.807) is 0 Å². The number of ketones is 1. The first-order chi connectivity index (χ1) is 7.95. The molecule has 0 unspecified atom stereocenters. The number of Topliss-reactive ketones (excluding diaryl/α,β-unsaturated/α-hetero) is 1. The van der Waals surface area contributed by atoms with Crippen molar-refractivity contribution in [1.29, 1.82) is 5.41 Å². The van der Waals surface area contributed by atoms with E-state index >= 15 is 0 Å². The number of carbonyl (C=O) groups is 1. The molecule has 0 saturated heterocycles. The molecule has 2 rings (SSSR count). The Morgan fingerprint density at radius 2 is 2.12 bits per heavy atom. The van der Waals surface area contributed by atoms with E-state index in [4.69, 9.17) is 5.41 Å². The largest absolute Gasteiger partial charge is 0.506 e. The minimum Gasteiger partial charge on any atom is -0.506 e. The molecule has 0 saturated carbocycles. The van der Waals surface area contributed by atoms with Crippen molar-refractivity contribution in [2.24, 2.45) is 0 Å². The summed E-state index contributed by atoms with van der Waals surface area (Å²) in [5.74, 6) is -1.03. The van der Waals surface area contributed by atoms with Crippen molar-refractivity contribution < 1.29 is 14.8 Å². The number of fused-ring (bicyclic) bond motifs is 1. The van der Waals surface area contributed by atoms with Gasteiger partial charge < -0.3 is 10.5 Å². The maximum absolute atomic E-state index is 11.9. The molecule has 0 aliphatic heterocycles. The summed E-state index contributed by atoms with van der Waals surface area (Å²) in [6, 6.07) is 4.01. The zero-order chi connectivity index (χ0) is 12.7. The van der Waals surface area contributed by atoms with Crippen molar-refractivity contribution in [3.8, 4) is 0 Å². The third kappa shape index (κ3) is 1.42. The second-order valence-corrected chi connectivity index (χ2v) is 3.63. The maximum Gasteiger partial charge on any atom is 0.281 e. The van der Waals surface area contributed by atoms with Gasteiger partial charge in [-0.05, 0) is 13.0 Å². The van der Waals surface area contributed by atoms with Gasteiger partial charge in [0.05, 0.1) is 10.5 Å². The average Bonchev–Trinajstić information content (AvgIpc) is 2.51. The van der Waals surface area contributed by atoms with Crippen LogP contribution in [0.5, 0.6) is 0 Å². The summed E-state index contributed by atoms with van der Waals surface area (Å²) in [7, 11) is 0. The molecule has 1 aromatic rings. The highest BCUT2D eigenvalue weighted by Crippen LogP contribution is 2.36. The monoisotopic (exact) mass is 232 g/mol. The third-order valence-corrected chi connectivity index (χ3v) is 2.56. The van der Waals surface area contributed by atoms with Crippen molar-refractivity contribution in [2.75, 3.05) is 0 Å². The molecule has 0 heterocycles. The van der Waals surface area contributed by atoms with E-state index in [0.717, 1.165) is 0 Å². The fraction of sp³-hybridized carbons (Fsp3) is 0.0909. The van der Waals surface area contributed by atoms with Crippen LogP contribution in [0.3, 0.4) is 0 Å². The van der Waals surface area contributed by atoms with Crippen molar-refractivity contribution in [1.82, 2.24) is 0 Å². The van der Waals surface area contributed by atoms with Crippen LogP contribution in [0.25, 0.3) is 5.76 Å². The van der Waals surface area contributed by atoms with Crippen LogP contribution in [0.15, 0.2) is 23.8 Å². The Bertz CT molecular complexity index is 601. The highest BCUT2D eigenvalue weighted by molar-refractivity contribution is 6.35. The molecule has 0 atom stereocenters. The molecule has 17 heavy (non-hydrogen) atoms. The molecule has 0 bridgehead atoms. The summed E-state index contributed by atoms with van der Waals surface area (Å²) in [6.45, 7) is 1.35. The highest BCUT2D eigenvalue weighted by Gasteiger charge is 2.36. The van der Waals surface area contributed by atoms with E-state index in [1.807, 2.05) is 0 Å². The van der Waals surface area contributed by atoms with Crippen LogP contribution in [0.1, 0.15) is 22.8 Å². The number of nitro groups is 1. The molecule has 1 aliphatic rings. The lowest BCUT2D eigenvalue weighted by Crippen LogP contribution is -2.08. The van der Waals surface area contributed by atoms with Crippen LogP contribution in [-0.2, 0) is 0 Å². The Hall–Kier alpha value is -2.50. The molecule has 0 amide bonds. The van der Waals surface area contributed by atoms with E-state index in [-0.39, 0.29) is 33.9 Å². The molecule has 0 spiro atoms. The number of nitrogens with one attached hydrogen (secondary N) is 1. The number of allylic oxidation sites excluding steroid dienone is 1. The van der Waals surface area contributed by atoms with Gasteiger partial charge in [-0.1, -0.05) is 6.07 Å². The molecular formula is C11H8N2O4. The lowest BCUT2D eigenvalue weighted by Gasteiger charge is -1.99. The van der Waals surface area contributed by atoms with Crippen molar-refractivity contribution >= 4 is 22.9 Å². The van der Waals surface area contributed by atoms with Crippen molar-refractivity contribution in [3.63, 3.8) is 0 Å². The Labute approximate surface area is 95.9 Å². The van der Waals surface area contributed by atoms with Crippen molar-refractivity contribution in [2.45, 2.75) is 6.92 Å². The first-order valence-electron chi connectivity index (χ1n) is 4.76. The third-order valence-electron chi connectivity index (χ3n) is 2.56. The molecule has 6 nitrogen and oxygen atoms in total. The second kappa shape index (κ2) is 3.51. The summed E-state index contributed by atoms with van der Waals surface area (Å²) in [5.41, 5.74) is -0.662. The molecule has 86 valence electrons. The number of benzene rings is 1. The number of aliphatic hydroxyl groups excluding tert-OH is 1. The van der Waals surface area contributed by atoms with Crippen LogP contribution in [0, 0.1) is 15.5 Å². The number of rotatable bonds is 2. The zero-order valence-electron chi connectivity index (χ0n) is 8.85. The summed E-state index contributed by atoms with van der Waals surface area (Å²) in [5, 5.41) is 28.0. The van der Waals surface area contributed by atoms with Gasteiger partial charge in [0.15, 0.2) is 0 Å². The molecular weight excluding hydrogens is 224 g/mol. The van der Waals surface area contributed by atoms with Crippen LogP contribution >= 0.6 is 0 Å². The normalized spacial score (nSPS) is 13.8. The standard InChI is InChI=1S/C11H8N2O4/c1-5(12)8-10(14)6-3-2-4-7(13(16)17)9(6)11(8)15/h2-4,12,14H,1H3. The van der Waals surface area contributed by atoms with Crippen LogP contribution in [0.4, 0.5) is 5.69 Å². The molecule has 0 aromatic heterocycles. The summed E-state index contributed by atoms with van der Waals surface area (Å²) < 4.78 is 0. The molecule has 6 heteroatoms. The fourth-order valence-electron chi connectivity index (χ4n) is 1.84. The van der Waals surface area contributed by atoms with Gasteiger partial charge in [-0.2, -0.15) is 0 Å². The molecule has 1 aromatic carbocycles. The van der Waals surface area contributed by atoms with Crippen LogP contribution < -0.4 is 0 Å². The van der Waals surface area contributed by atoms with Gasteiger partial charge in [-0.15, -0.1) is 0 Å². The van der Waals surface area contributed by atoms with E-state index in [2.05, 4.69) is 0 Å². The Morgan fingerprint density at radius 1 is 1.47 bits per heavy atom. The summed E-state index contributed by atoms with van der Waals surface area (Å²) in [4.78, 5) is 22.0. The zero-order valence-corrected chi connectivity index (χ0v) is 8.85. The topological polar surface area (TPSA) is 104 Å². The van der Waals surface area contributed by atoms with E-state index in [9.17, 15) is 20.0 Å². The van der Waals surface area contributed by atoms with Gasteiger partial charge in [0.25, 0.3) is 5.69 Å². The Kier molecular flexibility index (Phi) is 2.27. The maximum atomic E-state index is 11.9. The first kappa shape index (κ1) is 11.0. The molecule has 1 aliphatic carbocycles. The smallest absolute Gasteiger partial charge is 0.281 e. The van der Waals surface area contributed by atoms with Crippen LogP contribution in [0.2, 0.25) is 0 Å². The van der Waals surface area contributed by atoms with Crippen LogP contribution in [-0.4, -0.2) is 21.5 Å². The van der Waals surface area contributed by atoms with E-state index in [0.29, 0.717) is 0 Å². The SMILES string of the molecule is CC(=N)C1=C(O)c2cccc([N+](=O)[O-])c2C1=O. The minimum atomic E-state index is -0.674. The summed E-state index contributed by atoms with van der Waals surface area (Å²) in [6.07, 6.45) is 0. The van der Waals surface area contributed by atoms with Gasteiger partial charge in [0, 0.05) is 17.3 Å². The molecule has 0 radical (unpaired) electrons. The van der Waals surface area contributed by atoms with Crippen molar-refractivity contribution in [3.05, 3.63) is 45.0 Å². The van der Waals surface area contributed by atoms with Gasteiger partial charge in [0.1, 0.15) is 11.3 Å². The van der Waals surface area contributed by atoms with Gasteiger partial charge in [0.2, 0.25) is 5.78 Å². The second-order valence-electron chi connectivity index (χ2n) is 3.63. The highest BCUT2D eigenvalue weighted by atomic mass is 16.6. The predicted octanol–water partition coefficient (Wildman–Crippen LogP) is 2.10. The van der Waals surface area contributed by atoms with Gasteiger partial charge >= 0.3 is 0 Å². The fourth-order valence-corrected chi connectivity index (χ4v) is 1.84. The number of carbonyl (C=O) groups excluding carboxylic acids is 1. The number of aliphatic hydroxyl groups is 1. The van der Waals surface area contributed by atoms with E-state index in [1.165, 1.54) is 25.1 Å². The van der Waals surface area contributed by atoms with Gasteiger partial charge in [-0.25, -0.2) is 0 Å². The number of nitro benzene ring substituents is 1. The quantitative estimate of drug-likeness (QED) is 0.462. The molecule has 2 N–H and O–H groups in total. The number of nitrogens with zero attached hydrogens (tertiary/aromatic N) is 1.